The predicted molar refractivity (Wildman–Crippen MR) is 95.6 cm³/mol. The van der Waals surface area contributed by atoms with E-state index in [0.29, 0.717) is 12.5 Å². The van der Waals surface area contributed by atoms with Crippen LogP contribution in [0.2, 0.25) is 0 Å². The van der Waals surface area contributed by atoms with Crippen molar-refractivity contribution in [2.75, 3.05) is 33.7 Å². The van der Waals surface area contributed by atoms with Gasteiger partial charge in [-0.3, -0.25) is 14.5 Å². The molecule has 1 aliphatic rings. The van der Waals surface area contributed by atoms with Gasteiger partial charge in [0.1, 0.15) is 11.9 Å². The minimum Gasteiger partial charge on any atom is -0.347 e. The number of hydrogen-bond acceptors (Lipinski definition) is 3. The second-order valence-electron chi connectivity index (χ2n) is 7.08. The van der Waals surface area contributed by atoms with Crippen LogP contribution in [-0.4, -0.2) is 61.4 Å². The molecule has 1 aromatic carbocycles. The van der Waals surface area contributed by atoms with Crippen molar-refractivity contribution in [2.24, 2.45) is 5.92 Å². The Balaban J connectivity index is 1.73. The van der Waals surface area contributed by atoms with Gasteiger partial charge in [0, 0.05) is 14.1 Å². The number of piperidine rings is 1. The molecule has 1 saturated heterocycles. The molecule has 0 aliphatic carbocycles. The Morgan fingerprint density at radius 2 is 2.00 bits per heavy atom. The van der Waals surface area contributed by atoms with E-state index in [1.165, 1.54) is 11.0 Å². The van der Waals surface area contributed by atoms with Gasteiger partial charge in [0.2, 0.25) is 11.8 Å². The van der Waals surface area contributed by atoms with Gasteiger partial charge < -0.3 is 10.2 Å². The summed E-state index contributed by atoms with van der Waals surface area (Å²) in [4.78, 5) is 27.5. The Bertz CT molecular complexity index is 598. The highest BCUT2D eigenvalue weighted by molar-refractivity contribution is 5.87. The maximum absolute atomic E-state index is 13.3. The Kier molecular flexibility index (Phi) is 6.93. The lowest BCUT2D eigenvalue weighted by atomic mass is 9.90. The molecule has 1 aromatic rings. The summed E-state index contributed by atoms with van der Waals surface area (Å²) in [6, 6.07) is 6.27. The van der Waals surface area contributed by atoms with Crippen LogP contribution in [0.5, 0.6) is 0 Å². The number of nitrogens with one attached hydrogen (secondary N) is 1. The van der Waals surface area contributed by atoms with Gasteiger partial charge >= 0.3 is 0 Å². The number of amides is 2. The summed E-state index contributed by atoms with van der Waals surface area (Å²) in [7, 11) is 3.35. The molecular weight excluding hydrogens is 321 g/mol. The van der Waals surface area contributed by atoms with E-state index in [9.17, 15) is 14.0 Å². The summed E-state index contributed by atoms with van der Waals surface area (Å²) < 4.78 is 13.3. The molecule has 1 aliphatic heterocycles. The van der Waals surface area contributed by atoms with E-state index in [4.69, 9.17) is 0 Å². The summed E-state index contributed by atoms with van der Waals surface area (Å²) in [5.74, 6) is 0.108. The molecule has 0 spiro atoms. The van der Waals surface area contributed by atoms with Crippen molar-refractivity contribution in [2.45, 2.75) is 32.2 Å². The molecule has 1 unspecified atom stereocenters. The lowest BCUT2D eigenvalue weighted by Crippen LogP contribution is -2.48. The first kappa shape index (κ1) is 19.4. The third-order valence-corrected chi connectivity index (χ3v) is 4.68. The average Bonchev–Trinajstić information content (AvgIpc) is 2.55. The first-order chi connectivity index (χ1) is 11.8. The van der Waals surface area contributed by atoms with Crippen molar-refractivity contribution >= 4 is 11.8 Å². The molecule has 0 saturated carbocycles. The molecule has 0 bridgehead atoms. The standard InChI is InChI=1S/C19H28FN3O2/c1-14(19(25)22(2)3)21-18(24)13-23-9-7-15(8-10-23)11-16-5-4-6-17(20)12-16/h4-6,12,14-15H,7-11,13H2,1-3H3,(H,21,24). The monoisotopic (exact) mass is 349 g/mol. The second-order valence-corrected chi connectivity index (χ2v) is 7.08. The van der Waals surface area contributed by atoms with Gasteiger partial charge in [-0.2, -0.15) is 0 Å². The second kappa shape index (κ2) is 8.94. The molecule has 0 aromatic heterocycles. The highest BCUT2D eigenvalue weighted by atomic mass is 19.1. The molecule has 0 radical (unpaired) electrons. The fourth-order valence-electron chi connectivity index (χ4n) is 3.29. The first-order valence-electron chi connectivity index (χ1n) is 8.82. The SMILES string of the molecule is CC(NC(=O)CN1CCC(Cc2cccc(F)c2)CC1)C(=O)N(C)C. The Morgan fingerprint density at radius 1 is 1.32 bits per heavy atom. The highest BCUT2D eigenvalue weighted by Gasteiger charge is 2.23. The van der Waals surface area contributed by atoms with Crippen molar-refractivity contribution in [3.63, 3.8) is 0 Å². The zero-order valence-electron chi connectivity index (χ0n) is 15.3. The minimum atomic E-state index is -0.506. The van der Waals surface area contributed by atoms with Crippen molar-refractivity contribution in [3.8, 4) is 0 Å². The number of rotatable bonds is 6. The highest BCUT2D eigenvalue weighted by Crippen LogP contribution is 2.21. The van der Waals surface area contributed by atoms with Crippen LogP contribution in [0.4, 0.5) is 4.39 Å². The van der Waals surface area contributed by atoms with E-state index in [0.717, 1.165) is 37.9 Å². The van der Waals surface area contributed by atoms with Crippen LogP contribution in [-0.2, 0) is 16.0 Å². The number of likely N-dealkylation sites (tertiary alicyclic amines) is 1. The maximum Gasteiger partial charge on any atom is 0.244 e. The van der Waals surface area contributed by atoms with E-state index < -0.39 is 6.04 Å². The molecule has 5 nitrogen and oxygen atoms in total. The first-order valence-corrected chi connectivity index (χ1v) is 8.82. The van der Waals surface area contributed by atoms with Crippen molar-refractivity contribution in [1.29, 1.82) is 0 Å². The van der Waals surface area contributed by atoms with Crippen LogP contribution in [0.1, 0.15) is 25.3 Å². The number of carbonyl (C=O) groups excluding carboxylic acids is 2. The molecule has 138 valence electrons. The Labute approximate surface area is 149 Å². The van der Waals surface area contributed by atoms with Crippen LogP contribution < -0.4 is 5.32 Å². The van der Waals surface area contributed by atoms with Crippen LogP contribution in [0.3, 0.4) is 0 Å². The van der Waals surface area contributed by atoms with Gasteiger partial charge in [0.15, 0.2) is 0 Å². The van der Waals surface area contributed by atoms with Crippen molar-refractivity contribution in [3.05, 3.63) is 35.6 Å². The molecule has 1 fully saturated rings. The molecule has 1 N–H and O–H groups in total. The number of halogens is 1. The molecule has 2 rings (SSSR count). The van der Waals surface area contributed by atoms with Crippen LogP contribution in [0.15, 0.2) is 24.3 Å². The maximum atomic E-state index is 13.3. The van der Waals surface area contributed by atoms with E-state index >= 15 is 0 Å². The van der Waals surface area contributed by atoms with Crippen LogP contribution in [0.25, 0.3) is 0 Å². The van der Waals surface area contributed by atoms with Crippen molar-refractivity contribution in [1.82, 2.24) is 15.1 Å². The number of benzene rings is 1. The van der Waals surface area contributed by atoms with Gasteiger partial charge in [-0.05, 0) is 62.9 Å². The third-order valence-electron chi connectivity index (χ3n) is 4.68. The molecular formula is C19H28FN3O2. The largest absolute Gasteiger partial charge is 0.347 e. The molecule has 25 heavy (non-hydrogen) atoms. The van der Waals surface area contributed by atoms with Crippen molar-refractivity contribution < 1.29 is 14.0 Å². The number of hydrogen-bond donors (Lipinski definition) is 1. The third kappa shape index (κ3) is 6.12. The quantitative estimate of drug-likeness (QED) is 0.850. The molecule has 1 heterocycles. The van der Waals surface area contributed by atoms with E-state index in [1.54, 1.807) is 33.2 Å². The lowest BCUT2D eigenvalue weighted by Gasteiger charge is -2.31. The van der Waals surface area contributed by atoms with Crippen LogP contribution in [0, 0.1) is 11.7 Å². The van der Waals surface area contributed by atoms with Gasteiger partial charge in [0.05, 0.1) is 6.54 Å². The topological polar surface area (TPSA) is 52.7 Å². The Hall–Kier alpha value is -1.95. The molecule has 1 atom stereocenters. The van der Waals surface area contributed by atoms with E-state index in [2.05, 4.69) is 10.2 Å². The minimum absolute atomic E-state index is 0.109. The van der Waals surface area contributed by atoms with Gasteiger partial charge in [-0.1, -0.05) is 12.1 Å². The van der Waals surface area contributed by atoms with Gasteiger partial charge in [-0.25, -0.2) is 4.39 Å². The predicted octanol–water partition coefficient (Wildman–Crippen LogP) is 1.67. The van der Waals surface area contributed by atoms with Crippen LogP contribution >= 0.6 is 0 Å². The van der Waals surface area contributed by atoms with Gasteiger partial charge in [-0.15, -0.1) is 0 Å². The smallest absolute Gasteiger partial charge is 0.244 e. The zero-order chi connectivity index (χ0) is 18.4. The number of nitrogens with zero attached hydrogens (tertiary/aromatic N) is 2. The summed E-state index contributed by atoms with van der Waals surface area (Å²) in [6.07, 6.45) is 2.87. The summed E-state index contributed by atoms with van der Waals surface area (Å²) in [6.45, 7) is 3.72. The number of carbonyl (C=O) groups is 2. The summed E-state index contributed by atoms with van der Waals surface area (Å²) >= 11 is 0. The summed E-state index contributed by atoms with van der Waals surface area (Å²) in [5.41, 5.74) is 1.03. The number of likely N-dealkylation sites (N-methyl/N-ethyl adjacent to an activating group) is 1. The van der Waals surface area contributed by atoms with E-state index in [1.807, 2.05) is 6.07 Å². The van der Waals surface area contributed by atoms with Gasteiger partial charge in [0.25, 0.3) is 0 Å². The Morgan fingerprint density at radius 3 is 2.60 bits per heavy atom. The summed E-state index contributed by atoms with van der Waals surface area (Å²) in [5, 5.41) is 2.75. The fraction of sp³-hybridized carbons (Fsp3) is 0.579. The average molecular weight is 349 g/mol. The molecule has 6 heteroatoms. The fourth-order valence-corrected chi connectivity index (χ4v) is 3.29. The normalized spacial score (nSPS) is 17.1. The molecule has 2 amide bonds. The zero-order valence-corrected chi connectivity index (χ0v) is 15.3. The lowest BCUT2D eigenvalue weighted by molar-refractivity contribution is -0.134. The van der Waals surface area contributed by atoms with E-state index in [-0.39, 0.29) is 17.6 Å².